The maximum Gasteiger partial charge on any atom is 0.308 e. The Hall–Kier alpha value is -2.69. The fraction of sp³-hybridized carbons (Fsp3) is 0.808. The molecule has 0 aromatic carbocycles. The van der Waals surface area contributed by atoms with E-state index in [1.54, 1.807) is 27.7 Å². The van der Waals surface area contributed by atoms with E-state index >= 15 is 0 Å². The molecule has 0 saturated carbocycles. The van der Waals surface area contributed by atoms with Gasteiger partial charge >= 0.3 is 29.8 Å². The monoisotopic (exact) mass is 530 g/mol. The zero-order valence-corrected chi connectivity index (χ0v) is 22.7. The lowest BCUT2D eigenvalue weighted by molar-refractivity contribution is -0.301. The largest absolute Gasteiger partial charge is 0.463 e. The van der Waals surface area contributed by atoms with Gasteiger partial charge in [-0.25, -0.2) is 0 Å². The summed E-state index contributed by atoms with van der Waals surface area (Å²) < 4.78 is 33.6. The van der Waals surface area contributed by atoms with Crippen molar-refractivity contribution in [1.29, 1.82) is 0 Å². The average molecular weight is 531 g/mol. The van der Waals surface area contributed by atoms with E-state index in [-0.39, 0.29) is 38.7 Å². The minimum Gasteiger partial charge on any atom is -0.463 e. The maximum absolute atomic E-state index is 12.6. The van der Waals surface area contributed by atoms with E-state index in [2.05, 4.69) is 0 Å². The summed E-state index contributed by atoms with van der Waals surface area (Å²) in [5, 5.41) is 0. The number of esters is 5. The molecule has 0 aromatic rings. The van der Waals surface area contributed by atoms with Crippen LogP contribution in [0.5, 0.6) is 0 Å². The maximum atomic E-state index is 12.6. The predicted octanol–water partition coefficient (Wildman–Crippen LogP) is 3.53. The van der Waals surface area contributed by atoms with Crippen LogP contribution in [0.15, 0.2) is 0 Å². The van der Waals surface area contributed by atoms with Gasteiger partial charge in [0.1, 0.15) is 12.7 Å². The molecule has 0 radical (unpaired) electrons. The summed E-state index contributed by atoms with van der Waals surface area (Å²) in [5.74, 6) is -2.97. The van der Waals surface area contributed by atoms with Gasteiger partial charge in [0.25, 0.3) is 0 Å². The Morgan fingerprint density at radius 3 is 1.35 bits per heavy atom. The van der Waals surface area contributed by atoms with Gasteiger partial charge in [-0.3, -0.25) is 24.0 Å². The highest BCUT2D eigenvalue weighted by Crippen LogP contribution is 2.31. The second-order valence-corrected chi connectivity index (χ2v) is 8.83. The quantitative estimate of drug-likeness (QED) is 0.214. The van der Waals surface area contributed by atoms with E-state index in [0.29, 0.717) is 32.1 Å². The van der Waals surface area contributed by atoms with Crippen LogP contribution in [0.1, 0.15) is 98.8 Å². The molecule has 0 N–H and O–H groups in total. The Morgan fingerprint density at radius 2 is 0.892 bits per heavy atom. The normalized spacial score (nSPS) is 23.0. The Bertz CT molecular complexity index is 751. The lowest BCUT2D eigenvalue weighted by atomic mass is 9.97. The van der Waals surface area contributed by atoms with Crippen molar-refractivity contribution in [2.45, 2.75) is 130 Å². The first-order valence-electron chi connectivity index (χ1n) is 13.3. The van der Waals surface area contributed by atoms with Crippen molar-refractivity contribution >= 4 is 29.8 Å². The molecule has 1 saturated heterocycles. The molecule has 212 valence electrons. The third kappa shape index (κ3) is 11.5. The molecule has 0 unspecified atom stereocenters. The fourth-order valence-electron chi connectivity index (χ4n) is 3.60. The molecule has 1 heterocycles. The predicted molar refractivity (Wildman–Crippen MR) is 130 cm³/mol. The van der Waals surface area contributed by atoms with Gasteiger partial charge in [0.05, 0.1) is 0 Å². The van der Waals surface area contributed by atoms with Gasteiger partial charge in [0.15, 0.2) is 12.2 Å². The molecule has 1 aliphatic rings. The SMILES string of the molecule is CCCC(=O)OC[C@H]1O[C@@H](OC(=O)CCC)[C@@H](OC(=O)CCC)[C@@H](OC(=O)CCC)[C@@H]1OC(=O)CCC. The van der Waals surface area contributed by atoms with Crippen molar-refractivity contribution in [2.75, 3.05) is 6.61 Å². The van der Waals surface area contributed by atoms with Crippen molar-refractivity contribution in [3.05, 3.63) is 0 Å². The van der Waals surface area contributed by atoms with Crippen LogP contribution in [0.3, 0.4) is 0 Å². The van der Waals surface area contributed by atoms with E-state index in [9.17, 15) is 24.0 Å². The van der Waals surface area contributed by atoms with Crippen LogP contribution in [-0.4, -0.2) is 67.2 Å². The number of hydrogen-bond donors (Lipinski definition) is 0. The number of ether oxygens (including phenoxy) is 6. The molecule has 0 aromatic heterocycles. The molecule has 1 rings (SSSR count). The van der Waals surface area contributed by atoms with Crippen LogP contribution in [0.25, 0.3) is 0 Å². The first-order valence-corrected chi connectivity index (χ1v) is 13.3. The van der Waals surface area contributed by atoms with Crippen LogP contribution in [0, 0.1) is 0 Å². The minimum absolute atomic E-state index is 0.0546. The zero-order valence-electron chi connectivity index (χ0n) is 22.7. The number of hydrogen-bond acceptors (Lipinski definition) is 11. The van der Waals surface area contributed by atoms with Gasteiger partial charge < -0.3 is 28.4 Å². The molecule has 1 fully saturated rings. The molecule has 0 amide bonds. The summed E-state index contributed by atoms with van der Waals surface area (Å²) in [5.41, 5.74) is 0. The molecule has 37 heavy (non-hydrogen) atoms. The summed E-state index contributed by atoms with van der Waals surface area (Å²) in [6.07, 6.45) is -3.74. The van der Waals surface area contributed by atoms with Crippen molar-refractivity contribution in [3.63, 3.8) is 0 Å². The Kier molecular flexibility index (Phi) is 15.5. The summed E-state index contributed by atoms with van der Waals surface area (Å²) >= 11 is 0. The summed E-state index contributed by atoms with van der Waals surface area (Å²) in [6, 6.07) is 0. The summed E-state index contributed by atoms with van der Waals surface area (Å²) in [6.45, 7) is 8.61. The van der Waals surface area contributed by atoms with E-state index in [4.69, 9.17) is 28.4 Å². The fourth-order valence-corrected chi connectivity index (χ4v) is 3.60. The van der Waals surface area contributed by atoms with Crippen LogP contribution in [-0.2, 0) is 52.4 Å². The van der Waals surface area contributed by atoms with E-state index in [1.165, 1.54) is 0 Å². The van der Waals surface area contributed by atoms with Crippen LogP contribution < -0.4 is 0 Å². The van der Waals surface area contributed by atoms with Gasteiger partial charge in [0.2, 0.25) is 12.4 Å². The van der Waals surface area contributed by atoms with Crippen molar-refractivity contribution in [1.82, 2.24) is 0 Å². The molecule has 11 heteroatoms. The first kappa shape index (κ1) is 32.3. The van der Waals surface area contributed by atoms with Crippen molar-refractivity contribution in [3.8, 4) is 0 Å². The molecule has 0 bridgehead atoms. The van der Waals surface area contributed by atoms with Crippen molar-refractivity contribution < 1.29 is 52.4 Å². The lowest BCUT2D eigenvalue weighted by Gasteiger charge is -2.44. The second kappa shape index (κ2) is 17.7. The van der Waals surface area contributed by atoms with Gasteiger partial charge in [-0.05, 0) is 32.1 Å². The van der Waals surface area contributed by atoms with Crippen LogP contribution in [0.4, 0.5) is 0 Å². The molecule has 5 atom stereocenters. The second-order valence-electron chi connectivity index (χ2n) is 8.83. The first-order chi connectivity index (χ1) is 17.7. The van der Waals surface area contributed by atoms with E-state index in [1.807, 2.05) is 6.92 Å². The Labute approximate surface area is 218 Å². The molecular weight excluding hydrogens is 488 g/mol. The third-order valence-electron chi connectivity index (χ3n) is 5.32. The highest BCUT2D eigenvalue weighted by molar-refractivity contribution is 5.72. The molecule has 0 aliphatic carbocycles. The number of carbonyl (C=O) groups is 5. The molecule has 1 aliphatic heterocycles. The van der Waals surface area contributed by atoms with Crippen LogP contribution in [0.2, 0.25) is 0 Å². The lowest BCUT2D eigenvalue weighted by Crippen LogP contribution is -2.63. The highest BCUT2D eigenvalue weighted by atomic mass is 16.7. The number of rotatable bonds is 16. The minimum atomic E-state index is -1.48. The Balaban J connectivity index is 3.45. The zero-order chi connectivity index (χ0) is 27.8. The standard InChI is InChI=1S/C26H42O11/c1-6-11-18(27)32-16-17-23(34-19(28)12-7-2)24(35-20(29)13-8-3)25(36-21(30)14-9-4)26(33-17)37-22(31)15-10-5/h17,23-26H,6-16H2,1-5H3/t17-,23-,24+,25+,26+/m1/s1. The topological polar surface area (TPSA) is 141 Å². The highest BCUT2D eigenvalue weighted by Gasteiger charge is 2.54. The molecule has 0 spiro atoms. The van der Waals surface area contributed by atoms with E-state index < -0.39 is 60.6 Å². The van der Waals surface area contributed by atoms with Crippen LogP contribution >= 0.6 is 0 Å². The van der Waals surface area contributed by atoms with Gasteiger partial charge in [-0.2, -0.15) is 0 Å². The summed E-state index contributed by atoms with van der Waals surface area (Å²) in [7, 11) is 0. The molecule has 11 nitrogen and oxygen atoms in total. The average Bonchev–Trinajstić information content (AvgIpc) is 2.82. The third-order valence-corrected chi connectivity index (χ3v) is 5.32. The smallest absolute Gasteiger partial charge is 0.308 e. The molecular formula is C26H42O11. The van der Waals surface area contributed by atoms with Gasteiger partial charge in [0, 0.05) is 32.1 Å². The van der Waals surface area contributed by atoms with Gasteiger partial charge in [-0.1, -0.05) is 34.6 Å². The van der Waals surface area contributed by atoms with Gasteiger partial charge in [-0.15, -0.1) is 0 Å². The van der Waals surface area contributed by atoms with Crippen molar-refractivity contribution in [2.24, 2.45) is 0 Å². The Morgan fingerprint density at radius 1 is 0.514 bits per heavy atom. The van der Waals surface area contributed by atoms with E-state index in [0.717, 1.165) is 0 Å². The number of carbonyl (C=O) groups excluding carboxylic acids is 5. The summed E-state index contributed by atoms with van der Waals surface area (Å²) in [4.78, 5) is 62.0.